The SMILES string of the molecule is C[Si](C)(C)CCOCn1ccnc1CC(CNCCN1CCOCC1)Cc1nccn1COCC[Si](C)(C)C. The Balaban J connectivity index is 1.57. The second kappa shape index (κ2) is 16.2. The molecule has 1 N–H and O–H groups in total. The summed E-state index contributed by atoms with van der Waals surface area (Å²) in [5.74, 6) is 2.51. The summed E-state index contributed by atoms with van der Waals surface area (Å²) in [5, 5.41) is 3.72. The first-order chi connectivity index (χ1) is 18.6. The number of nitrogens with zero attached hydrogens (tertiary/aromatic N) is 5. The number of morpholine rings is 1. The van der Waals surface area contributed by atoms with Gasteiger partial charge in [0.05, 0.1) is 13.2 Å². The predicted octanol–water partition coefficient (Wildman–Crippen LogP) is 4.03. The van der Waals surface area contributed by atoms with Gasteiger partial charge in [-0.05, 0) is 24.6 Å². The van der Waals surface area contributed by atoms with Gasteiger partial charge in [0.2, 0.25) is 0 Å². The first-order valence-corrected chi connectivity index (χ1v) is 22.2. The van der Waals surface area contributed by atoms with Crippen molar-refractivity contribution in [2.75, 3.05) is 59.2 Å². The van der Waals surface area contributed by atoms with Gasteiger partial charge in [-0.1, -0.05) is 39.3 Å². The number of nitrogens with one attached hydrogen (secondary N) is 1. The van der Waals surface area contributed by atoms with Crippen molar-refractivity contribution < 1.29 is 14.2 Å². The zero-order valence-corrected chi connectivity index (χ0v) is 27.5. The molecule has 11 heteroatoms. The Morgan fingerprint density at radius 1 is 0.846 bits per heavy atom. The van der Waals surface area contributed by atoms with Crippen molar-refractivity contribution in [3.05, 3.63) is 36.4 Å². The van der Waals surface area contributed by atoms with Crippen molar-refractivity contribution in [1.29, 1.82) is 0 Å². The number of imidazole rings is 2. The van der Waals surface area contributed by atoms with Gasteiger partial charge >= 0.3 is 0 Å². The van der Waals surface area contributed by atoms with E-state index >= 15 is 0 Å². The van der Waals surface area contributed by atoms with Gasteiger partial charge in [0, 0.05) is 93.2 Å². The second-order valence-corrected chi connectivity index (χ2v) is 24.5. The third-order valence-electron chi connectivity index (χ3n) is 7.14. The van der Waals surface area contributed by atoms with Crippen LogP contribution in [-0.2, 0) is 40.5 Å². The third kappa shape index (κ3) is 13.2. The van der Waals surface area contributed by atoms with E-state index in [4.69, 9.17) is 24.2 Å². The molecule has 0 unspecified atom stereocenters. The van der Waals surface area contributed by atoms with Gasteiger partial charge in [0.15, 0.2) is 0 Å². The van der Waals surface area contributed by atoms with Gasteiger partial charge in [0.25, 0.3) is 0 Å². The van der Waals surface area contributed by atoms with E-state index in [2.05, 4.69) is 58.6 Å². The minimum absolute atomic E-state index is 0.362. The van der Waals surface area contributed by atoms with Crippen LogP contribution in [-0.4, -0.2) is 99.3 Å². The largest absolute Gasteiger partial charge is 0.379 e. The Bertz CT molecular complexity index is 872. The lowest BCUT2D eigenvalue weighted by Gasteiger charge is -2.27. The summed E-state index contributed by atoms with van der Waals surface area (Å²) in [6, 6.07) is 2.35. The Morgan fingerprint density at radius 2 is 1.36 bits per heavy atom. The van der Waals surface area contributed by atoms with E-state index in [1.165, 1.54) is 12.1 Å². The van der Waals surface area contributed by atoms with E-state index in [0.29, 0.717) is 19.4 Å². The molecule has 2 aromatic rings. The molecule has 1 aliphatic rings. The molecule has 1 aliphatic heterocycles. The molecule has 0 amide bonds. The summed E-state index contributed by atoms with van der Waals surface area (Å²) in [5.41, 5.74) is 0. The predicted molar refractivity (Wildman–Crippen MR) is 164 cm³/mol. The number of ether oxygens (including phenoxy) is 3. The quantitative estimate of drug-likeness (QED) is 0.199. The van der Waals surface area contributed by atoms with Crippen LogP contribution in [0.25, 0.3) is 0 Å². The molecule has 39 heavy (non-hydrogen) atoms. The fourth-order valence-corrected chi connectivity index (χ4v) is 5.99. The molecule has 0 aliphatic carbocycles. The molecule has 3 heterocycles. The molecular formula is C28H54N6O3Si2. The Kier molecular flexibility index (Phi) is 13.4. The highest BCUT2D eigenvalue weighted by Crippen LogP contribution is 2.15. The molecular weight excluding hydrogens is 525 g/mol. The summed E-state index contributed by atoms with van der Waals surface area (Å²) in [7, 11) is -2.20. The van der Waals surface area contributed by atoms with Crippen LogP contribution in [0.5, 0.6) is 0 Å². The van der Waals surface area contributed by atoms with Crippen LogP contribution in [0, 0.1) is 5.92 Å². The molecule has 0 bridgehead atoms. The Hall–Kier alpha value is -1.35. The van der Waals surface area contributed by atoms with Crippen LogP contribution in [0.3, 0.4) is 0 Å². The molecule has 0 atom stereocenters. The summed E-state index contributed by atoms with van der Waals surface area (Å²) in [6.07, 6.45) is 9.62. The lowest BCUT2D eigenvalue weighted by molar-refractivity contribution is 0.0383. The highest BCUT2D eigenvalue weighted by Gasteiger charge is 2.19. The zero-order chi connectivity index (χ0) is 28.1. The fraction of sp³-hybridized carbons (Fsp3) is 0.786. The summed E-state index contributed by atoms with van der Waals surface area (Å²) in [6.45, 7) is 23.7. The minimum Gasteiger partial charge on any atom is -0.379 e. The topological polar surface area (TPSA) is 78.6 Å². The molecule has 0 radical (unpaired) electrons. The highest BCUT2D eigenvalue weighted by molar-refractivity contribution is 6.76. The number of rotatable bonds is 19. The van der Waals surface area contributed by atoms with Gasteiger partial charge < -0.3 is 28.7 Å². The van der Waals surface area contributed by atoms with E-state index in [0.717, 1.165) is 83.6 Å². The van der Waals surface area contributed by atoms with Crippen LogP contribution in [0.4, 0.5) is 0 Å². The molecule has 1 fully saturated rings. The number of hydrogen-bond acceptors (Lipinski definition) is 7. The lowest BCUT2D eigenvalue weighted by Crippen LogP contribution is -2.41. The molecule has 222 valence electrons. The standard InChI is InChI=1S/C28H54N6O3Si2/c1-38(2,3)19-17-36-24-33-11-8-30-27(33)21-26(23-29-7-10-32-13-15-35-16-14-32)22-28-31-9-12-34(28)25-37-18-20-39(4,5)6/h8-9,11-12,26,29H,7,10,13-25H2,1-6H3. The van der Waals surface area contributed by atoms with E-state index in [1.807, 2.05) is 24.8 Å². The second-order valence-electron chi connectivity index (χ2n) is 13.3. The number of hydrogen-bond donors (Lipinski definition) is 1. The van der Waals surface area contributed by atoms with Gasteiger partial charge in [-0.3, -0.25) is 4.90 Å². The molecule has 9 nitrogen and oxygen atoms in total. The number of aromatic nitrogens is 4. The van der Waals surface area contributed by atoms with Gasteiger partial charge in [0.1, 0.15) is 25.1 Å². The fourth-order valence-electron chi connectivity index (χ4n) is 4.48. The van der Waals surface area contributed by atoms with Crippen LogP contribution in [0.1, 0.15) is 11.6 Å². The van der Waals surface area contributed by atoms with Crippen molar-refractivity contribution in [2.24, 2.45) is 5.92 Å². The zero-order valence-electron chi connectivity index (χ0n) is 25.5. The monoisotopic (exact) mass is 578 g/mol. The maximum Gasteiger partial charge on any atom is 0.123 e. The molecule has 0 aromatic carbocycles. The van der Waals surface area contributed by atoms with Crippen molar-refractivity contribution in [1.82, 2.24) is 29.3 Å². The molecule has 0 saturated carbocycles. The average molecular weight is 579 g/mol. The maximum atomic E-state index is 6.04. The highest BCUT2D eigenvalue weighted by atomic mass is 28.3. The van der Waals surface area contributed by atoms with E-state index in [-0.39, 0.29) is 0 Å². The van der Waals surface area contributed by atoms with Crippen molar-refractivity contribution >= 4 is 16.1 Å². The third-order valence-corrected chi connectivity index (χ3v) is 10.5. The van der Waals surface area contributed by atoms with Crippen LogP contribution < -0.4 is 5.32 Å². The van der Waals surface area contributed by atoms with Crippen molar-refractivity contribution in [2.45, 2.75) is 77.7 Å². The van der Waals surface area contributed by atoms with Crippen molar-refractivity contribution in [3.8, 4) is 0 Å². The maximum absolute atomic E-state index is 6.04. The van der Waals surface area contributed by atoms with Gasteiger partial charge in [-0.25, -0.2) is 9.97 Å². The van der Waals surface area contributed by atoms with E-state index in [1.54, 1.807) is 0 Å². The lowest BCUT2D eigenvalue weighted by atomic mass is 10.00. The van der Waals surface area contributed by atoms with Gasteiger partial charge in [-0.2, -0.15) is 0 Å². The molecule has 3 rings (SSSR count). The molecule has 2 aromatic heterocycles. The van der Waals surface area contributed by atoms with Crippen LogP contribution >= 0.6 is 0 Å². The smallest absolute Gasteiger partial charge is 0.123 e. The molecule has 0 spiro atoms. The van der Waals surface area contributed by atoms with E-state index in [9.17, 15) is 0 Å². The van der Waals surface area contributed by atoms with Crippen molar-refractivity contribution in [3.63, 3.8) is 0 Å². The Labute approximate surface area is 238 Å². The average Bonchev–Trinajstić information content (AvgIpc) is 3.51. The van der Waals surface area contributed by atoms with Crippen LogP contribution in [0.15, 0.2) is 24.8 Å². The normalized spacial score (nSPS) is 15.5. The van der Waals surface area contributed by atoms with E-state index < -0.39 is 16.1 Å². The summed E-state index contributed by atoms with van der Waals surface area (Å²) >= 11 is 0. The van der Waals surface area contributed by atoms with Gasteiger partial charge in [-0.15, -0.1) is 0 Å². The van der Waals surface area contributed by atoms with Crippen LogP contribution in [0.2, 0.25) is 51.4 Å². The first-order valence-electron chi connectivity index (χ1n) is 14.8. The Morgan fingerprint density at radius 3 is 1.85 bits per heavy atom. The molecule has 1 saturated heterocycles. The first kappa shape index (κ1) is 32.2. The summed E-state index contributed by atoms with van der Waals surface area (Å²) < 4.78 is 21.9. The summed E-state index contributed by atoms with van der Waals surface area (Å²) in [4.78, 5) is 11.9. The minimum atomic E-state index is -1.10.